The molecule has 2 amide bonds. The molecule has 29 heavy (non-hydrogen) atoms. The van der Waals surface area contributed by atoms with Crippen LogP contribution in [0, 0.1) is 5.92 Å². The molecule has 1 saturated heterocycles. The lowest BCUT2D eigenvalue weighted by molar-refractivity contribution is -0.121. The minimum atomic E-state index is -0.319. The number of methoxy groups -OCH3 is 1. The normalized spacial score (nSPS) is 17.5. The zero-order chi connectivity index (χ0) is 20.6. The predicted octanol–water partition coefficient (Wildman–Crippen LogP) is 2.45. The van der Waals surface area contributed by atoms with Crippen LogP contribution in [-0.4, -0.2) is 49.5 Å². The van der Waals surface area contributed by atoms with Gasteiger partial charge in [0.2, 0.25) is 5.91 Å². The largest absolute Gasteiger partial charge is 0.496 e. The third kappa shape index (κ3) is 5.81. The summed E-state index contributed by atoms with van der Waals surface area (Å²) < 4.78 is 5.19. The van der Waals surface area contributed by atoms with Crippen LogP contribution in [0.4, 0.5) is 0 Å². The highest BCUT2D eigenvalue weighted by molar-refractivity contribution is 5.98. The van der Waals surface area contributed by atoms with Crippen molar-refractivity contribution in [1.82, 2.24) is 15.5 Å². The number of rotatable bonds is 8. The molecule has 3 rings (SSSR count). The second kappa shape index (κ2) is 10.1. The Morgan fingerprint density at radius 1 is 1.14 bits per heavy atom. The van der Waals surface area contributed by atoms with Gasteiger partial charge in [-0.05, 0) is 43.5 Å². The average molecular weight is 396 g/mol. The first-order valence-corrected chi connectivity index (χ1v) is 10.0. The van der Waals surface area contributed by atoms with E-state index in [1.165, 1.54) is 12.7 Å². The average Bonchev–Trinajstić information content (AvgIpc) is 3.21. The van der Waals surface area contributed by atoms with E-state index < -0.39 is 0 Å². The smallest absolute Gasteiger partial charge is 0.255 e. The Labute approximate surface area is 172 Å². The van der Waals surface area contributed by atoms with Crippen molar-refractivity contribution >= 4 is 11.8 Å². The van der Waals surface area contributed by atoms with Gasteiger partial charge in [-0.1, -0.05) is 42.5 Å². The Morgan fingerprint density at radius 3 is 2.62 bits per heavy atom. The van der Waals surface area contributed by atoms with Gasteiger partial charge in [-0.3, -0.25) is 14.5 Å². The zero-order valence-electron chi connectivity index (χ0n) is 17.1. The zero-order valence-corrected chi connectivity index (χ0v) is 17.1. The molecule has 6 nitrogen and oxygen atoms in total. The van der Waals surface area contributed by atoms with Crippen molar-refractivity contribution in [3.05, 3.63) is 65.7 Å². The number of nitrogens with one attached hydrogen (secondary N) is 2. The molecule has 2 aromatic carbocycles. The summed E-state index contributed by atoms with van der Waals surface area (Å²) in [5, 5.41) is 5.70. The third-order valence-corrected chi connectivity index (χ3v) is 5.41. The van der Waals surface area contributed by atoms with Gasteiger partial charge < -0.3 is 15.4 Å². The molecule has 6 heteroatoms. The van der Waals surface area contributed by atoms with E-state index in [-0.39, 0.29) is 24.4 Å². The van der Waals surface area contributed by atoms with Gasteiger partial charge >= 0.3 is 0 Å². The molecule has 0 radical (unpaired) electrons. The summed E-state index contributed by atoms with van der Waals surface area (Å²) in [6, 6.07) is 17.5. The molecule has 2 unspecified atom stereocenters. The summed E-state index contributed by atoms with van der Waals surface area (Å²) in [5.41, 5.74) is 1.73. The Kier molecular flexibility index (Phi) is 7.25. The molecule has 2 N–H and O–H groups in total. The maximum absolute atomic E-state index is 12.3. The van der Waals surface area contributed by atoms with E-state index >= 15 is 0 Å². The molecule has 0 aromatic heterocycles. The first kappa shape index (κ1) is 20.9. The molecule has 0 aliphatic carbocycles. The highest BCUT2D eigenvalue weighted by Gasteiger charge is 2.28. The lowest BCUT2D eigenvalue weighted by Gasteiger charge is -2.22. The Morgan fingerprint density at radius 2 is 1.86 bits per heavy atom. The van der Waals surface area contributed by atoms with Crippen molar-refractivity contribution < 1.29 is 14.3 Å². The van der Waals surface area contributed by atoms with Crippen LogP contribution in [0.2, 0.25) is 0 Å². The molecule has 1 aliphatic heterocycles. The number of likely N-dealkylation sites (tertiary alicyclic amines) is 1. The van der Waals surface area contributed by atoms with Crippen molar-refractivity contribution in [3.8, 4) is 5.75 Å². The fraction of sp³-hybridized carbons (Fsp3) is 0.391. The van der Waals surface area contributed by atoms with Gasteiger partial charge in [0.15, 0.2) is 0 Å². The number of carbonyl (C=O) groups is 2. The van der Waals surface area contributed by atoms with Crippen molar-refractivity contribution in [2.45, 2.75) is 25.9 Å². The number of nitrogens with zero attached hydrogens (tertiary/aromatic N) is 1. The lowest BCUT2D eigenvalue weighted by atomic mass is 10.0. The van der Waals surface area contributed by atoms with E-state index in [2.05, 4.69) is 39.8 Å². The quantitative estimate of drug-likeness (QED) is 0.720. The third-order valence-electron chi connectivity index (χ3n) is 5.41. The monoisotopic (exact) mass is 395 g/mol. The van der Waals surface area contributed by atoms with Gasteiger partial charge in [-0.15, -0.1) is 0 Å². The molecular formula is C23H29N3O3. The number of amides is 2. The molecule has 2 atom stereocenters. The summed E-state index contributed by atoms with van der Waals surface area (Å²) in [6.07, 6.45) is 1.06. The number of hydrogen-bond donors (Lipinski definition) is 2. The van der Waals surface area contributed by atoms with Crippen LogP contribution in [0.5, 0.6) is 5.75 Å². The van der Waals surface area contributed by atoms with Crippen molar-refractivity contribution in [3.63, 3.8) is 0 Å². The standard InChI is InChI=1S/C23H29N3O3/c1-17(19-12-13-26(16-19)15-18-8-4-3-5-9-18)25-22(27)14-24-23(28)20-10-6-7-11-21(20)29-2/h3-11,17,19H,12-16H2,1-2H3,(H,24,28)(H,25,27). The highest BCUT2D eigenvalue weighted by atomic mass is 16.5. The minimum absolute atomic E-state index is 0.0539. The molecule has 1 aliphatic rings. The van der Waals surface area contributed by atoms with Gasteiger partial charge in [-0.2, -0.15) is 0 Å². The Balaban J connectivity index is 1.43. The molecule has 154 valence electrons. The molecule has 2 aromatic rings. The van der Waals surface area contributed by atoms with Crippen LogP contribution < -0.4 is 15.4 Å². The number of carbonyl (C=O) groups excluding carboxylic acids is 2. The van der Waals surface area contributed by atoms with Gasteiger partial charge in [0.1, 0.15) is 5.75 Å². The first-order valence-electron chi connectivity index (χ1n) is 10.0. The molecule has 0 saturated carbocycles. The van der Waals surface area contributed by atoms with Crippen LogP contribution in [0.25, 0.3) is 0 Å². The van der Waals surface area contributed by atoms with Crippen LogP contribution in [0.1, 0.15) is 29.3 Å². The number of ether oxygens (including phenoxy) is 1. The SMILES string of the molecule is COc1ccccc1C(=O)NCC(=O)NC(C)C1CCN(Cc2ccccc2)C1. The predicted molar refractivity (Wildman–Crippen MR) is 113 cm³/mol. The second-order valence-corrected chi connectivity index (χ2v) is 7.51. The number of para-hydroxylation sites is 1. The molecular weight excluding hydrogens is 366 g/mol. The minimum Gasteiger partial charge on any atom is -0.496 e. The van der Waals surface area contributed by atoms with E-state index in [0.29, 0.717) is 17.2 Å². The lowest BCUT2D eigenvalue weighted by Crippen LogP contribution is -2.44. The van der Waals surface area contributed by atoms with Gasteiger partial charge in [0.25, 0.3) is 5.91 Å². The second-order valence-electron chi connectivity index (χ2n) is 7.51. The van der Waals surface area contributed by atoms with Gasteiger partial charge in [-0.25, -0.2) is 0 Å². The summed E-state index contributed by atoms with van der Waals surface area (Å²) in [5.74, 6) is 0.401. The van der Waals surface area contributed by atoms with Gasteiger partial charge in [0.05, 0.1) is 19.2 Å². The highest BCUT2D eigenvalue weighted by Crippen LogP contribution is 2.21. The van der Waals surface area contributed by atoms with Crippen LogP contribution in [0.15, 0.2) is 54.6 Å². The Hall–Kier alpha value is -2.86. The first-order chi connectivity index (χ1) is 14.1. The molecule has 1 heterocycles. The Bertz CT molecular complexity index is 825. The summed E-state index contributed by atoms with van der Waals surface area (Å²) in [6.45, 7) is 4.92. The van der Waals surface area contributed by atoms with Crippen molar-refractivity contribution in [2.75, 3.05) is 26.7 Å². The van der Waals surface area contributed by atoms with E-state index in [9.17, 15) is 9.59 Å². The maximum Gasteiger partial charge on any atom is 0.255 e. The van der Waals surface area contributed by atoms with Crippen molar-refractivity contribution in [2.24, 2.45) is 5.92 Å². The fourth-order valence-electron chi connectivity index (χ4n) is 3.77. The van der Waals surface area contributed by atoms with Crippen molar-refractivity contribution in [1.29, 1.82) is 0 Å². The van der Waals surface area contributed by atoms with Crippen LogP contribution in [0.3, 0.4) is 0 Å². The number of benzene rings is 2. The topological polar surface area (TPSA) is 70.7 Å². The van der Waals surface area contributed by atoms with Gasteiger partial charge in [0, 0.05) is 19.1 Å². The van der Waals surface area contributed by atoms with Crippen LogP contribution in [-0.2, 0) is 11.3 Å². The molecule has 0 spiro atoms. The maximum atomic E-state index is 12.3. The van der Waals surface area contributed by atoms with E-state index in [1.54, 1.807) is 24.3 Å². The fourth-order valence-corrected chi connectivity index (χ4v) is 3.77. The summed E-state index contributed by atoms with van der Waals surface area (Å²) in [7, 11) is 1.52. The summed E-state index contributed by atoms with van der Waals surface area (Å²) in [4.78, 5) is 27.0. The molecule has 0 bridgehead atoms. The summed E-state index contributed by atoms with van der Waals surface area (Å²) >= 11 is 0. The molecule has 1 fully saturated rings. The number of hydrogen-bond acceptors (Lipinski definition) is 4. The van der Waals surface area contributed by atoms with E-state index in [4.69, 9.17) is 4.74 Å². The van der Waals surface area contributed by atoms with E-state index in [0.717, 1.165) is 26.1 Å². The van der Waals surface area contributed by atoms with E-state index in [1.807, 2.05) is 13.0 Å². The van der Waals surface area contributed by atoms with Crippen LogP contribution >= 0.6 is 0 Å².